The van der Waals surface area contributed by atoms with Gasteiger partial charge in [0.25, 0.3) is 5.69 Å². The molecule has 2 N–H and O–H groups in total. The summed E-state index contributed by atoms with van der Waals surface area (Å²) in [5.74, 6) is -1.56. The number of carbonyl (C=O) groups excluding carboxylic acids is 2. The maximum atomic E-state index is 11.6. The molecule has 0 aromatic heterocycles. The van der Waals surface area contributed by atoms with Gasteiger partial charge in [0.1, 0.15) is 5.75 Å². The number of carbonyl (C=O) groups is 2. The first-order chi connectivity index (χ1) is 9.35. The molecule has 108 valence electrons. The maximum absolute atomic E-state index is 11.6. The topological polar surface area (TPSA) is 111 Å². The van der Waals surface area contributed by atoms with E-state index in [1.807, 2.05) is 0 Å². The molecule has 1 aromatic rings. The van der Waals surface area contributed by atoms with Crippen molar-refractivity contribution in [3.05, 3.63) is 28.3 Å². The van der Waals surface area contributed by atoms with E-state index in [1.54, 1.807) is 13.8 Å². The highest BCUT2D eigenvalue weighted by Gasteiger charge is 2.18. The van der Waals surface area contributed by atoms with Crippen molar-refractivity contribution in [1.29, 1.82) is 0 Å². The van der Waals surface area contributed by atoms with Crippen molar-refractivity contribution in [2.45, 2.75) is 19.9 Å². The number of non-ortho nitro benzene ring substituents is 1. The molecule has 0 aliphatic heterocycles. The summed E-state index contributed by atoms with van der Waals surface area (Å²) in [6.07, 6.45) is 0. The summed E-state index contributed by atoms with van der Waals surface area (Å²) in [5, 5.41) is 15.4. The highest BCUT2D eigenvalue weighted by Crippen LogP contribution is 2.28. The van der Waals surface area contributed by atoms with Crippen molar-refractivity contribution in [3.8, 4) is 5.75 Å². The zero-order valence-electron chi connectivity index (χ0n) is 11.3. The second-order valence-electron chi connectivity index (χ2n) is 4.22. The van der Waals surface area contributed by atoms with E-state index >= 15 is 0 Å². The van der Waals surface area contributed by atoms with Crippen molar-refractivity contribution in [3.63, 3.8) is 0 Å². The molecule has 0 heterocycles. The normalized spacial score (nSPS) is 10.0. The van der Waals surface area contributed by atoms with E-state index in [9.17, 15) is 19.7 Å². The lowest BCUT2D eigenvalue weighted by atomic mass is 10.2. The second kappa shape index (κ2) is 6.50. The van der Waals surface area contributed by atoms with E-state index in [-0.39, 0.29) is 23.2 Å². The minimum Gasteiger partial charge on any atom is -0.494 e. The Morgan fingerprint density at radius 3 is 2.45 bits per heavy atom. The fourth-order valence-electron chi connectivity index (χ4n) is 1.40. The molecule has 20 heavy (non-hydrogen) atoms. The number of anilines is 1. The van der Waals surface area contributed by atoms with E-state index < -0.39 is 16.7 Å². The highest BCUT2D eigenvalue weighted by atomic mass is 16.6. The number of nitrogens with zero attached hydrogens (tertiary/aromatic N) is 1. The van der Waals surface area contributed by atoms with Crippen molar-refractivity contribution in [2.24, 2.45) is 0 Å². The molecular weight excluding hydrogens is 266 g/mol. The third-order valence-corrected chi connectivity index (χ3v) is 2.27. The van der Waals surface area contributed by atoms with Crippen LogP contribution in [0.25, 0.3) is 0 Å². The Balaban J connectivity index is 2.89. The van der Waals surface area contributed by atoms with Crippen molar-refractivity contribution in [2.75, 3.05) is 12.4 Å². The fourth-order valence-corrected chi connectivity index (χ4v) is 1.40. The molecule has 0 aliphatic carbocycles. The molecule has 0 saturated carbocycles. The predicted octanol–water partition coefficient (Wildman–Crippen LogP) is 1.07. The number of benzene rings is 1. The Morgan fingerprint density at radius 1 is 1.30 bits per heavy atom. The van der Waals surface area contributed by atoms with Gasteiger partial charge in [0, 0.05) is 12.1 Å². The highest BCUT2D eigenvalue weighted by molar-refractivity contribution is 6.39. The SMILES string of the molecule is COc1cc([N+](=O)[O-])ccc1NC(=O)C(=O)NC(C)C. The number of amides is 2. The molecular formula is C12H15N3O5. The van der Waals surface area contributed by atoms with Crippen LogP contribution < -0.4 is 15.4 Å². The molecule has 2 amide bonds. The van der Waals surface area contributed by atoms with Gasteiger partial charge in [0.2, 0.25) is 0 Å². The van der Waals surface area contributed by atoms with Gasteiger partial charge in [-0.05, 0) is 19.9 Å². The summed E-state index contributed by atoms with van der Waals surface area (Å²) in [5.41, 5.74) is 0.00786. The minimum absolute atomic E-state index is 0.102. The van der Waals surface area contributed by atoms with Crippen LogP contribution in [0.5, 0.6) is 5.75 Å². The number of ether oxygens (including phenoxy) is 1. The average molecular weight is 281 g/mol. The zero-order valence-corrected chi connectivity index (χ0v) is 11.3. The average Bonchev–Trinajstić information content (AvgIpc) is 2.37. The number of hydrogen-bond donors (Lipinski definition) is 2. The second-order valence-corrected chi connectivity index (χ2v) is 4.22. The molecule has 1 aromatic carbocycles. The third-order valence-electron chi connectivity index (χ3n) is 2.27. The first kappa shape index (κ1) is 15.4. The lowest BCUT2D eigenvalue weighted by molar-refractivity contribution is -0.384. The molecule has 0 bridgehead atoms. The number of nitrogens with one attached hydrogen (secondary N) is 2. The summed E-state index contributed by atoms with van der Waals surface area (Å²) in [7, 11) is 1.31. The van der Waals surface area contributed by atoms with Crippen LogP contribution in [0.3, 0.4) is 0 Å². The lowest BCUT2D eigenvalue weighted by Crippen LogP contribution is -2.39. The molecule has 8 nitrogen and oxygen atoms in total. The van der Waals surface area contributed by atoms with Crippen LogP contribution >= 0.6 is 0 Å². The predicted molar refractivity (Wildman–Crippen MR) is 71.6 cm³/mol. The van der Waals surface area contributed by atoms with Crippen LogP contribution in [0, 0.1) is 10.1 Å². The van der Waals surface area contributed by atoms with Gasteiger partial charge in [0.05, 0.1) is 23.8 Å². The van der Waals surface area contributed by atoms with Crippen LogP contribution in [0.1, 0.15) is 13.8 Å². The summed E-state index contributed by atoms with van der Waals surface area (Å²) >= 11 is 0. The van der Waals surface area contributed by atoms with Crippen molar-refractivity contribution in [1.82, 2.24) is 5.32 Å². The van der Waals surface area contributed by atoms with Crippen molar-refractivity contribution < 1.29 is 19.2 Å². The third kappa shape index (κ3) is 3.94. The number of nitro groups is 1. The fraction of sp³-hybridized carbons (Fsp3) is 0.333. The smallest absolute Gasteiger partial charge is 0.313 e. The first-order valence-electron chi connectivity index (χ1n) is 5.79. The van der Waals surface area contributed by atoms with Gasteiger partial charge in [-0.25, -0.2) is 0 Å². The molecule has 0 saturated heterocycles. The molecule has 8 heteroatoms. The number of methoxy groups -OCH3 is 1. The maximum Gasteiger partial charge on any atom is 0.313 e. The Morgan fingerprint density at radius 2 is 1.95 bits per heavy atom. The molecule has 1 rings (SSSR count). The standard InChI is InChI=1S/C12H15N3O5/c1-7(2)13-11(16)12(17)14-9-5-4-8(15(18)19)6-10(9)20-3/h4-7H,1-3H3,(H,13,16)(H,14,17). The van der Waals surface area contributed by atoms with E-state index in [1.165, 1.54) is 19.2 Å². The minimum atomic E-state index is -0.870. The monoisotopic (exact) mass is 281 g/mol. The number of nitro benzene ring substituents is 1. The van der Waals surface area contributed by atoms with E-state index in [2.05, 4.69) is 10.6 Å². The Bertz CT molecular complexity index is 542. The summed E-state index contributed by atoms with van der Waals surface area (Å²) in [6, 6.07) is 3.50. The number of hydrogen-bond acceptors (Lipinski definition) is 5. The summed E-state index contributed by atoms with van der Waals surface area (Å²) < 4.78 is 4.95. The Hall–Kier alpha value is -2.64. The van der Waals surface area contributed by atoms with E-state index in [0.717, 1.165) is 6.07 Å². The van der Waals surface area contributed by atoms with Gasteiger partial charge in [0.15, 0.2) is 0 Å². The van der Waals surface area contributed by atoms with Gasteiger partial charge < -0.3 is 15.4 Å². The van der Waals surface area contributed by atoms with Crippen molar-refractivity contribution >= 4 is 23.2 Å². The molecule has 0 fully saturated rings. The summed E-state index contributed by atoms with van der Waals surface area (Å²) in [6.45, 7) is 3.44. The largest absolute Gasteiger partial charge is 0.494 e. The first-order valence-corrected chi connectivity index (χ1v) is 5.79. The van der Waals surface area contributed by atoms with E-state index in [0.29, 0.717) is 0 Å². The summed E-state index contributed by atoms with van der Waals surface area (Å²) in [4.78, 5) is 33.1. The van der Waals surface area contributed by atoms with Crippen LogP contribution in [0.4, 0.5) is 11.4 Å². The lowest BCUT2D eigenvalue weighted by Gasteiger charge is -2.11. The van der Waals surface area contributed by atoms with Crippen LogP contribution in [0.2, 0.25) is 0 Å². The van der Waals surface area contributed by atoms with Crippen LogP contribution in [-0.2, 0) is 9.59 Å². The van der Waals surface area contributed by atoms with Crippen LogP contribution in [0.15, 0.2) is 18.2 Å². The quantitative estimate of drug-likeness (QED) is 0.487. The zero-order chi connectivity index (χ0) is 15.3. The van der Waals surface area contributed by atoms with Gasteiger partial charge in [-0.3, -0.25) is 19.7 Å². The molecule has 0 atom stereocenters. The van der Waals surface area contributed by atoms with Crippen LogP contribution in [-0.4, -0.2) is 29.9 Å². The van der Waals surface area contributed by atoms with Gasteiger partial charge in [-0.15, -0.1) is 0 Å². The van der Waals surface area contributed by atoms with E-state index in [4.69, 9.17) is 4.74 Å². The van der Waals surface area contributed by atoms with Gasteiger partial charge in [-0.2, -0.15) is 0 Å². The van der Waals surface area contributed by atoms with Gasteiger partial charge >= 0.3 is 11.8 Å². The number of rotatable bonds is 4. The van der Waals surface area contributed by atoms with Gasteiger partial charge in [-0.1, -0.05) is 0 Å². The molecule has 0 unspecified atom stereocenters. The Kier molecular flexibility index (Phi) is 5.01. The Labute approximate surface area is 115 Å². The molecule has 0 aliphatic rings. The molecule has 0 spiro atoms. The molecule has 0 radical (unpaired) electrons.